The maximum absolute atomic E-state index is 12.8. The van der Waals surface area contributed by atoms with Crippen LogP contribution in [-0.2, 0) is 0 Å². The molecule has 2 aromatic carbocycles. The van der Waals surface area contributed by atoms with Gasteiger partial charge in [-0.25, -0.2) is 0 Å². The predicted octanol–water partition coefficient (Wildman–Crippen LogP) is 2.91. The molecule has 8 heteroatoms. The molecule has 0 atom stereocenters. The van der Waals surface area contributed by atoms with Crippen molar-refractivity contribution >= 4 is 11.0 Å². The summed E-state index contributed by atoms with van der Waals surface area (Å²) in [6, 6.07) is 5.44. The van der Waals surface area contributed by atoms with Crippen LogP contribution in [0.15, 0.2) is 33.5 Å². The zero-order valence-electron chi connectivity index (χ0n) is 15.2. The van der Waals surface area contributed by atoms with Gasteiger partial charge in [0, 0.05) is 18.2 Å². The van der Waals surface area contributed by atoms with Crippen molar-refractivity contribution < 1.29 is 33.6 Å². The Kier molecular flexibility index (Phi) is 4.72. The molecule has 0 aliphatic heterocycles. The summed E-state index contributed by atoms with van der Waals surface area (Å²) in [7, 11) is 5.72. The molecular weight excluding hydrogens is 356 g/mol. The van der Waals surface area contributed by atoms with Gasteiger partial charge in [0.25, 0.3) is 0 Å². The molecule has 8 nitrogen and oxygen atoms in total. The molecule has 3 aromatic rings. The molecule has 0 fully saturated rings. The quantitative estimate of drug-likeness (QED) is 0.702. The topological polar surface area (TPSA) is 108 Å². The molecule has 0 unspecified atom stereocenters. The van der Waals surface area contributed by atoms with E-state index in [2.05, 4.69) is 0 Å². The van der Waals surface area contributed by atoms with Crippen LogP contribution in [0.4, 0.5) is 0 Å². The fourth-order valence-electron chi connectivity index (χ4n) is 2.84. The third kappa shape index (κ3) is 2.95. The summed E-state index contributed by atoms with van der Waals surface area (Å²) >= 11 is 0. The summed E-state index contributed by atoms with van der Waals surface area (Å²) in [6.07, 6.45) is 0. The number of fused-ring (bicyclic) bond motifs is 1. The van der Waals surface area contributed by atoms with Crippen LogP contribution in [0.3, 0.4) is 0 Å². The van der Waals surface area contributed by atoms with Gasteiger partial charge in [-0.05, 0) is 6.07 Å². The molecule has 2 N–H and O–H groups in total. The summed E-state index contributed by atoms with van der Waals surface area (Å²) in [5.74, 6) is 0.415. The van der Waals surface area contributed by atoms with E-state index in [1.165, 1.54) is 34.5 Å². The Bertz CT molecular complexity index is 1070. The normalized spacial score (nSPS) is 10.7. The lowest BCUT2D eigenvalue weighted by molar-refractivity contribution is 0.348. The number of methoxy groups -OCH3 is 4. The van der Waals surface area contributed by atoms with Gasteiger partial charge < -0.3 is 33.6 Å². The fraction of sp³-hybridized carbons (Fsp3) is 0.211. The van der Waals surface area contributed by atoms with Gasteiger partial charge in [-0.15, -0.1) is 0 Å². The maximum atomic E-state index is 12.8. The Morgan fingerprint density at radius 1 is 0.815 bits per heavy atom. The van der Waals surface area contributed by atoms with E-state index in [9.17, 15) is 15.0 Å². The van der Waals surface area contributed by atoms with Crippen molar-refractivity contribution in [3.8, 4) is 45.8 Å². The van der Waals surface area contributed by atoms with Gasteiger partial charge >= 0.3 is 0 Å². The minimum absolute atomic E-state index is 0.00913. The first-order valence-electron chi connectivity index (χ1n) is 7.82. The lowest BCUT2D eigenvalue weighted by Crippen LogP contribution is -2.08. The number of hydrogen-bond donors (Lipinski definition) is 2. The highest BCUT2D eigenvalue weighted by atomic mass is 16.5. The lowest BCUT2D eigenvalue weighted by atomic mass is 10.1. The second kappa shape index (κ2) is 6.99. The smallest absolute Gasteiger partial charge is 0.239 e. The zero-order valence-corrected chi connectivity index (χ0v) is 15.2. The van der Waals surface area contributed by atoms with Crippen LogP contribution in [0, 0.1) is 0 Å². The first-order chi connectivity index (χ1) is 12.9. The molecule has 0 saturated heterocycles. The van der Waals surface area contributed by atoms with Crippen LogP contribution < -0.4 is 24.4 Å². The number of ether oxygens (including phenoxy) is 4. The summed E-state index contributed by atoms with van der Waals surface area (Å²) in [4.78, 5) is 12.8. The summed E-state index contributed by atoms with van der Waals surface area (Å²) < 4.78 is 27.0. The van der Waals surface area contributed by atoms with Crippen molar-refractivity contribution in [3.63, 3.8) is 0 Å². The Hall–Kier alpha value is -3.55. The van der Waals surface area contributed by atoms with E-state index in [1.807, 2.05) is 0 Å². The molecule has 0 aliphatic rings. The molecule has 1 aromatic heterocycles. The van der Waals surface area contributed by atoms with Gasteiger partial charge in [0.2, 0.25) is 11.2 Å². The zero-order chi connectivity index (χ0) is 19.7. The predicted molar refractivity (Wildman–Crippen MR) is 97.5 cm³/mol. The molecule has 0 bridgehead atoms. The molecule has 0 radical (unpaired) electrons. The van der Waals surface area contributed by atoms with E-state index in [4.69, 9.17) is 23.4 Å². The molecule has 0 aliphatic carbocycles. The highest BCUT2D eigenvalue weighted by Gasteiger charge is 2.24. The van der Waals surface area contributed by atoms with Gasteiger partial charge in [0.15, 0.2) is 17.3 Å². The first kappa shape index (κ1) is 18.2. The average Bonchev–Trinajstić information content (AvgIpc) is 2.65. The van der Waals surface area contributed by atoms with E-state index in [1.54, 1.807) is 12.1 Å². The molecule has 0 saturated carbocycles. The number of benzene rings is 2. The number of phenols is 2. The van der Waals surface area contributed by atoms with E-state index in [-0.39, 0.29) is 28.2 Å². The number of hydrogen-bond acceptors (Lipinski definition) is 8. The molecule has 0 spiro atoms. The molecule has 1 heterocycles. The third-order valence-electron chi connectivity index (χ3n) is 4.07. The minimum atomic E-state index is -0.594. The van der Waals surface area contributed by atoms with E-state index >= 15 is 0 Å². The number of rotatable bonds is 5. The number of aromatic hydroxyl groups is 2. The Morgan fingerprint density at radius 2 is 1.44 bits per heavy atom. The van der Waals surface area contributed by atoms with E-state index in [0.29, 0.717) is 22.8 Å². The molecule has 3 rings (SSSR count). The molecular formula is C19H18O8. The molecule has 142 valence electrons. The van der Waals surface area contributed by atoms with Crippen LogP contribution in [-0.4, -0.2) is 38.7 Å². The van der Waals surface area contributed by atoms with Crippen molar-refractivity contribution in [2.45, 2.75) is 0 Å². The average molecular weight is 374 g/mol. The van der Waals surface area contributed by atoms with Gasteiger partial charge in [-0.2, -0.15) is 0 Å². The largest absolute Gasteiger partial charge is 0.508 e. The van der Waals surface area contributed by atoms with Crippen LogP contribution in [0.5, 0.6) is 34.5 Å². The van der Waals surface area contributed by atoms with Crippen molar-refractivity contribution in [1.82, 2.24) is 0 Å². The Morgan fingerprint density at radius 3 is 2.04 bits per heavy atom. The molecule has 27 heavy (non-hydrogen) atoms. The SMILES string of the molecule is COc1cc(OC)c(-c2oc3cc(O)cc(O)c3c(=O)c2OC)cc1OC. The summed E-state index contributed by atoms with van der Waals surface area (Å²) in [5.41, 5.74) is -0.234. The van der Waals surface area contributed by atoms with Crippen molar-refractivity contribution in [1.29, 1.82) is 0 Å². The monoisotopic (exact) mass is 374 g/mol. The maximum Gasteiger partial charge on any atom is 0.239 e. The van der Waals surface area contributed by atoms with Crippen LogP contribution >= 0.6 is 0 Å². The van der Waals surface area contributed by atoms with Crippen LogP contribution in [0.1, 0.15) is 0 Å². The fourth-order valence-corrected chi connectivity index (χ4v) is 2.84. The summed E-state index contributed by atoms with van der Waals surface area (Å²) in [6.45, 7) is 0. The Labute approximate surface area is 154 Å². The third-order valence-corrected chi connectivity index (χ3v) is 4.07. The van der Waals surface area contributed by atoms with Gasteiger partial charge in [-0.3, -0.25) is 4.79 Å². The standard InChI is InChI=1S/C19H18O8/c1-23-12-8-14(25-3)13(24-2)7-10(12)18-19(26-4)17(22)16-11(21)5-9(20)6-15(16)27-18/h5-8,20-21H,1-4H3. The lowest BCUT2D eigenvalue weighted by Gasteiger charge is -2.15. The number of phenolic OH excluding ortho intramolecular Hbond substituents is 2. The van der Waals surface area contributed by atoms with Gasteiger partial charge in [0.05, 0.1) is 34.0 Å². The van der Waals surface area contributed by atoms with Crippen molar-refractivity contribution in [3.05, 3.63) is 34.5 Å². The van der Waals surface area contributed by atoms with Crippen molar-refractivity contribution in [2.75, 3.05) is 28.4 Å². The highest BCUT2D eigenvalue weighted by molar-refractivity contribution is 5.89. The summed E-state index contributed by atoms with van der Waals surface area (Å²) in [5, 5.41) is 19.7. The first-order valence-corrected chi connectivity index (χ1v) is 7.82. The van der Waals surface area contributed by atoms with Crippen LogP contribution in [0.2, 0.25) is 0 Å². The van der Waals surface area contributed by atoms with E-state index in [0.717, 1.165) is 6.07 Å². The second-order valence-corrected chi connectivity index (χ2v) is 5.54. The Balaban J connectivity index is 2.42. The van der Waals surface area contributed by atoms with Gasteiger partial charge in [-0.1, -0.05) is 0 Å². The van der Waals surface area contributed by atoms with Gasteiger partial charge in [0.1, 0.15) is 28.2 Å². The molecule has 0 amide bonds. The van der Waals surface area contributed by atoms with E-state index < -0.39 is 11.2 Å². The second-order valence-electron chi connectivity index (χ2n) is 5.54. The minimum Gasteiger partial charge on any atom is -0.508 e. The van der Waals surface area contributed by atoms with Crippen molar-refractivity contribution in [2.24, 2.45) is 0 Å². The van der Waals surface area contributed by atoms with Crippen LogP contribution in [0.25, 0.3) is 22.3 Å². The highest BCUT2D eigenvalue weighted by Crippen LogP contribution is 2.44.